The number of sulfonamides is 1. The second kappa shape index (κ2) is 7.85. The highest BCUT2D eigenvalue weighted by atomic mass is 32.2. The first-order valence-electron chi connectivity index (χ1n) is 9.53. The van der Waals surface area contributed by atoms with Crippen LogP contribution in [0.4, 0.5) is 0 Å². The molecule has 1 saturated carbocycles. The molecule has 1 amide bonds. The molecule has 1 N–H and O–H groups in total. The Kier molecular flexibility index (Phi) is 5.44. The summed E-state index contributed by atoms with van der Waals surface area (Å²) in [5, 5.41) is 1.76. The lowest BCUT2D eigenvalue weighted by molar-refractivity contribution is -0.132. The number of rotatable bonds is 7. The summed E-state index contributed by atoms with van der Waals surface area (Å²) in [7, 11) is -3.46. The van der Waals surface area contributed by atoms with Crippen LogP contribution in [-0.2, 0) is 21.2 Å². The number of ether oxygens (including phenoxy) is 1. The first-order chi connectivity index (χ1) is 13.5. The van der Waals surface area contributed by atoms with Crippen molar-refractivity contribution in [1.29, 1.82) is 0 Å². The maximum Gasteiger partial charge on any atom is 0.250 e. The molecular formula is C20H24N2O4S2. The van der Waals surface area contributed by atoms with Crippen molar-refractivity contribution in [2.45, 2.75) is 42.5 Å². The highest BCUT2D eigenvalue weighted by molar-refractivity contribution is 7.91. The van der Waals surface area contributed by atoms with E-state index in [-0.39, 0.29) is 23.9 Å². The molecular weight excluding hydrogens is 396 g/mol. The van der Waals surface area contributed by atoms with Crippen LogP contribution in [0.15, 0.2) is 46.0 Å². The number of hydrogen-bond acceptors (Lipinski definition) is 5. The fourth-order valence-corrected chi connectivity index (χ4v) is 6.55. The first-order valence-corrected chi connectivity index (χ1v) is 11.9. The molecule has 2 fully saturated rings. The van der Waals surface area contributed by atoms with Crippen LogP contribution < -0.4 is 9.46 Å². The highest BCUT2D eigenvalue weighted by Crippen LogP contribution is 2.39. The van der Waals surface area contributed by atoms with E-state index in [1.165, 1.54) is 11.3 Å². The normalized spacial score (nSPS) is 23.9. The van der Waals surface area contributed by atoms with E-state index >= 15 is 0 Å². The SMILES string of the molecule is CCOc1ccc(CC(=O)N2C[C@@H]3C[C@H]2C[C@@H]3NS(=O)(=O)c2cccs2)cc1. The van der Waals surface area contributed by atoms with Crippen molar-refractivity contribution in [1.82, 2.24) is 9.62 Å². The van der Waals surface area contributed by atoms with Crippen LogP contribution in [-0.4, -0.2) is 44.5 Å². The van der Waals surface area contributed by atoms with Gasteiger partial charge in [-0.1, -0.05) is 18.2 Å². The Bertz CT molecular complexity index is 926. The van der Waals surface area contributed by atoms with Gasteiger partial charge in [-0.15, -0.1) is 11.3 Å². The summed E-state index contributed by atoms with van der Waals surface area (Å²) in [4.78, 5) is 14.7. The van der Waals surface area contributed by atoms with Crippen molar-refractivity contribution in [2.24, 2.45) is 5.92 Å². The number of hydrogen-bond donors (Lipinski definition) is 1. The summed E-state index contributed by atoms with van der Waals surface area (Å²) in [6.07, 6.45) is 1.91. The standard InChI is InChI=1S/C20H24N2O4S2/c1-2-26-17-7-5-14(6-8-17)10-19(23)22-13-15-11-16(22)12-18(15)21-28(24,25)20-4-3-9-27-20/h3-9,15-16,18,21H,2,10-13H2,1H3/t15-,16-,18-/m0/s1. The molecule has 6 nitrogen and oxygen atoms in total. The molecule has 1 aromatic carbocycles. The zero-order chi connectivity index (χ0) is 19.7. The van der Waals surface area contributed by atoms with Crippen LogP contribution in [0.25, 0.3) is 0 Å². The fourth-order valence-electron chi connectivity index (χ4n) is 4.22. The molecule has 8 heteroatoms. The van der Waals surface area contributed by atoms with Gasteiger partial charge in [-0.05, 0) is 54.8 Å². The highest BCUT2D eigenvalue weighted by Gasteiger charge is 2.47. The quantitative estimate of drug-likeness (QED) is 0.747. The van der Waals surface area contributed by atoms with Gasteiger partial charge in [0.25, 0.3) is 0 Å². The van der Waals surface area contributed by atoms with Crippen LogP contribution in [0, 0.1) is 5.92 Å². The molecule has 1 aliphatic carbocycles. The molecule has 2 aliphatic rings. The smallest absolute Gasteiger partial charge is 0.250 e. The minimum absolute atomic E-state index is 0.0911. The Balaban J connectivity index is 1.34. The molecule has 0 unspecified atom stereocenters. The lowest BCUT2D eigenvalue weighted by Gasteiger charge is -2.32. The number of piperidine rings is 1. The predicted octanol–water partition coefficient (Wildman–Crippen LogP) is 2.66. The van der Waals surface area contributed by atoms with Crippen molar-refractivity contribution in [3.05, 3.63) is 47.3 Å². The number of fused-ring (bicyclic) bond motifs is 2. The summed E-state index contributed by atoms with van der Waals surface area (Å²) in [6, 6.07) is 11.0. The minimum Gasteiger partial charge on any atom is -0.494 e. The molecule has 0 radical (unpaired) electrons. The summed E-state index contributed by atoms with van der Waals surface area (Å²) < 4.78 is 33.6. The van der Waals surface area contributed by atoms with Crippen molar-refractivity contribution in [2.75, 3.05) is 13.2 Å². The van der Waals surface area contributed by atoms with Gasteiger partial charge in [0, 0.05) is 18.6 Å². The number of nitrogens with one attached hydrogen (secondary N) is 1. The Hall–Kier alpha value is -1.90. The summed E-state index contributed by atoms with van der Waals surface area (Å²) >= 11 is 1.22. The summed E-state index contributed by atoms with van der Waals surface area (Å²) in [5.74, 6) is 1.10. The van der Waals surface area contributed by atoms with Gasteiger partial charge >= 0.3 is 0 Å². The molecule has 2 heterocycles. The molecule has 0 spiro atoms. The van der Waals surface area contributed by atoms with E-state index < -0.39 is 10.0 Å². The molecule has 2 bridgehead atoms. The molecule has 1 aliphatic heterocycles. The van der Waals surface area contributed by atoms with Crippen LogP contribution in [0.1, 0.15) is 25.3 Å². The fraction of sp³-hybridized carbons (Fsp3) is 0.450. The average molecular weight is 421 g/mol. The van der Waals surface area contributed by atoms with Crippen LogP contribution in [0.2, 0.25) is 0 Å². The molecule has 4 rings (SSSR count). The first kappa shape index (κ1) is 19.4. The second-order valence-corrected chi connectivity index (χ2v) is 10.2. The molecule has 1 aromatic heterocycles. The van der Waals surface area contributed by atoms with Gasteiger partial charge in [0.2, 0.25) is 15.9 Å². The average Bonchev–Trinajstić information content (AvgIpc) is 3.40. The Morgan fingerprint density at radius 3 is 2.64 bits per heavy atom. The molecule has 2 aromatic rings. The number of carbonyl (C=O) groups excluding carboxylic acids is 1. The molecule has 150 valence electrons. The third kappa shape index (κ3) is 3.94. The Morgan fingerprint density at radius 1 is 1.25 bits per heavy atom. The van der Waals surface area contributed by atoms with E-state index in [2.05, 4.69) is 4.72 Å². The van der Waals surface area contributed by atoms with Crippen molar-refractivity contribution in [3.63, 3.8) is 0 Å². The maximum atomic E-state index is 12.8. The van der Waals surface area contributed by atoms with Gasteiger partial charge in [0.15, 0.2) is 0 Å². The van der Waals surface area contributed by atoms with Crippen molar-refractivity contribution in [3.8, 4) is 5.75 Å². The van der Waals surface area contributed by atoms with E-state index in [9.17, 15) is 13.2 Å². The van der Waals surface area contributed by atoms with Crippen LogP contribution in [0.5, 0.6) is 5.75 Å². The summed E-state index contributed by atoms with van der Waals surface area (Å²) in [6.45, 7) is 3.18. The summed E-state index contributed by atoms with van der Waals surface area (Å²) in [5.41, 5.74) is 0.964. The van der Waals surface area contributed by atoms with E-state index in [1.54, 1.807) is 17.5 Å². The zero-order valence-corrected chi connectivity index (χ0v) is 17.3. The lowest BCUT2D eigenvalue weighted by Crippen LogP contribution is -2.47. The van der Waals surface area contributed by atoms with Gasteiger partial charge in [0.05, 0.1) is 13.0 Å². The number of carbonyl (C=O) groups is 1. The number of nitrogens with zero attached hydrogens (tertiary/aromatic N) is 1. The van der Waals surface area contributed by atoms with Crippen molar-refractivity contribution >= 4 is 27.3 Å². The number of amides is 1. The van der Waals surface area contributed by atoms with E-state index in [1.807, 2.05) is 36.1 Å². The van der Waals surface area contributed by atoms with Gasteiger partial charge in [-0.25, -0.2) is 13.1 Å². The maximum absolute atomic E-state index is 12.8. The van der Waals surface area contributed by atoms with Gasteiger partial charge in [-0.3, -0.25) is 4.79 Å². The molecule has 1 saturated heterocycles. The van der Waals surface area contributed by atoms with Gasteiger partial charge in [0.1, 0.15) is 9.96 Å². The Labute approximate surface area is 169 Å². The third-order valence-electron chi connectivity index (χ3n) is 5.52. The zero-order valence-electron chi connectivity index (χ0n) is 15.7. The predicted molar refractivity (Wildman–Crippen MR) is 108 cm³/mol. The van der Waals surface area contributed by atoms with Crippen LogP contribution >= 0.6 is 11.3 Å². The lowest BCUT2D eigenvalue weighted by atomic mass is 10.0. The topological polar surface area (TPSA) is 75.7 Å². The number of likely N-dealkylation sites (tertiary alicyclic amines) is 1. The van der Waals surface area contributed by atoms with E-state index in [4.69, 9.17) is 4.74 Å². The number of benzene rings is 1. The van der Waals surface area contributed by atoms with Gasteiger partial charge < -0.3 is 9.64 Å². The second-order valence-electron chi connectivity index (χ2n) is 7.35. The monoisotopic (exact) mass is 420 g/mol. The largest absolute Gasteiger partial charge is 0.494 e. The minimum atomic E-state index is -3.46. The van der Waals surface area contributed by atoms with Gasteiger partial charge in [-0.2, -0.15) is 0 Å². The third-order valence-corrected chi connectivity index (χ3v) is 8.41. The van der Waals surface area contributed by atoms with Crippen molar-refractivity contribution < 1.29 is 17.9 Å². The molecule has 3 atom stereocenters. The Morgan fingerprint density at radius 2 is 2.04 bits per heavy atom. The van der Waals surface area contributed by atoms with E-state index in [0.717, 1.165) is 17.7 Å². The van der Waals surface area contributed by atoms with E-state index in [0.29, 0.717) is 30.2 Å². The number of thiophene rings is 1. The van der Waals surface area contributed by atoms with Crippen LogP contribution in [0.3, 0.4) is 0 Å². The molecule has 28 heavy (non-hydrogen) atoms.